The van der Waals surface area contributed by atoms with Crippen molar-refractivity contribution in [3.63, 3.8) is 0 Å². The number of benzene rings is 2. The van der Waals surface area contributed by atoms with Crippen LogP contribution in [-0.2, 0) is 6.42 Å². The highest BCUT2D eigenvalue weighted by molar-refractivity contribution is 5.57. The van der Waals surface area contributed by atoms with E-state index in [4.69, 9.17) is 0 Å². The monoisotopic (exact) mass is 358 g/mol. The molecule has 0 unspecified atom stereocenters. The van der Waals surface area contributed by atoms with E-state index in [-0.39, 0.29) is 11.5 Å². The van der Waals surface area contributed by atoms with E-state index in [0.717, 1.165) is 25.0 Å². The molecule has 0 fully saturated rings. The minimum atomic E-state index is -1.52. The molecule has 0 amide bonds. The molecule has 26 heavy (non-hydrogen) atoms. The Bertz CT molecular complexity index is 872. The van der Waals surface area contributed by atoms with Crippen LogP contribution < -0.4 is 10.6 Å². The zero-order valence-corrected chi connectivity index (χ0v) is 13.8. The van der Waals surface area contributed by atoms with Crippen molar-refractivity contribution in [1.82, 2.24) is 9.97 Å². The summed E-state index contributed by atoms with van der Waals surface area (Å²) in [6.45, 7) is 0.665. The lowest BCUT2D eigenvalue weighted by atomic mass is 10.1. The summed E-state index contributed by atoms with van der Waals surface area (Å²) < 4.78 is 40.0. The summed E-state index contributed by atoms with van der Waals surface area (Å²) in [6, 6.07) is 13.6. The molecular formula is C19H17F3N4. The molecule has 0 radical (unpaired) electrons. The van der Waals surface area contributed by atoms with Crippen molar-refractivity contribution in [2.45, 2.75) is 12.8 Å². The largest absolute Gasteiger partial charge is 0.354 e. The van der Waals surface area contributed by atoms with Gasteiger partial charge in [0, 0.05) is 12.7 Å². The molecule has 0 aliphatic carbocycles. The predicted molar refractivity (Wildman–Crippen MR) is 94.9 cm³/mol. The third kappa shape index (κ3) is 4.50. The predicted octanol–water partition coefficient (Wildman–Crippen LogP) is 4.68. The smallest absolute Gasteiger partial charge is 0.224 e. The quantitative estimate of drug-likeness (QED) is 0.475. The number of nitrogens with one attached hydrogen (secondary N) is 2. The summed E-state index contributed by atoms with van der Waals surface area (Å²) in [4.78, 5) is 8.28. The van der Waals surface area contributed by atoms with Crippen LogP contribution in [-0.4, -0.2) is 16.5 Å². The lowest BCUT2D eigenvalue weighted by Gasteiger charge is -2.09. The fraction of sp³-hybridized carbons (Fsp3) is 0.158. The van der Waals surface area contributed by atoms with Gasteiger partial charge in [0.2, 0.25) is 5.95 Å². The first-order valence-electron chi connectivity index (χ1n) is 8.15. The lowest BCUT2D eigenvalue weighted by molar-refractivity contribution is 0.449. The molecule has 134 valence electrons. The summed E-state index contributed by atoms with van der Waals surface area (Å²) in [5.74, 6) is -3.41. The fourth-order valence-electron chi connectivity index (χ4n) is 2.41. The average molecular weight is 358 g/mol. The van der Waals surface area contributed by atoms with E-state index in [1.54, 1.807) is 0 Å². The molecule has 0 spiro atoms. The molecule has 2 aromatic carbocycles. The van der Waals surface area contributed by atoms with Crippen LogP contribution in [0.15, 0.2) is 54.7 Å². The molecule has 0 saturated heterocycles. The number of hydrogen-bond donors (Lipinski definition) is 2. The molecule has 0 aliphatic rings. The number of halogens is 3. The first kappa shape index (κ1) is 17.7. The number of nitrogens with zero attached hydrogens (tertiary/aromatic N) is 2. The summed E-state index contributed by atoms with van der Waals surface area (Å²) in [5.41, 5.74) is 1.05. The first-order chi connectivity index (χ1) is 12.6. The van der Waals surface area contributed by atoms with E-state index >= 15 is 0 Å². The minimum absolute atomic E-state index is 0.197. The van der Waals surface area contributed by atoms with E-state index in [1.165, 1.54) is 17.8 Å². The molecule has 7 heteroatoms. The van der Waals surface area contributed by atoms with Gasteiger partial charge >= 0.3 is 0 Å². The zero-order chi connectivity index (χ0) is 18.4. The summed E-state index contributed by atoms with van der Waals surface area (Å²) in [7, 11) is 0. The van der Waals surface area contributed by atoms with Gasteiger partial charge in [0.05, 0.1) is 5.69 Å². The van der Waals surface area contributed by atoms with Crippen LogP contribution in [0.3, 0.4) is 0 Å². The van der Waals surface area contributed by atoms with Crippen LogP contribution in [0.25, 0.3) is 0 Å². The molecular weight excluding hydrogens is 341 g/mol. The Labute approximate surface area is 149 Å². The van der Waals surface area contributed by atoms with E-state index in [2.05, 4.69) is 32.7 Å². The second kappa shape index (κ2) is 8.33. The van der Waals surface area contributed by atoms with E-state index in [1.807, 2.05) is 18.2 Å². The fourth-order valence-corrected chi connectivity index (χ4v) is 2.41. The van der Waals surface area contributed by atoms with Gasteiger partial charge in [-0.15, -0.1) is 0 Å². The number of aromatic nitrogens is 2. The van der Waals surface area contributed by atoms with Gasteiger partial charge < -0.3 is 10.6 Å². The third-order valence-electron chi connectivity index (χ3n) is 3.72. The van der Waals surface area contributed by atoms with Crippen LogP contribution in [0.4, 0.5) is 30.6 Å². The Morgan fingerprint density at radius 2 is 1.69 bits per heavy atom. The highest BCUT2D eigenvalue weighted by Gasteiger charge is 2.13. The maximum atomic E-state index is 13.7. The molecule has 0 saturated carbocycles. The number of rotatable bonds is 7. The molecule has 0 atom stereocenters. The Morgan fingerprint density at radius 1 is 0.885 bits per heavy atom. The maximum absolute atomic E-state index is 13.7. The minimum Gasteiger partial charge on any atom is -0.354 e. The Balaban J connectivity index is 1.57. The van der Waals surface area contributed by atoms with Gasteiger partial charge in [0.1, 0.15) is 5.82 Å². The van der Waals surface area contributed by atoms with Crippen molar-refractivity contribution < 1.29 is 13.2 Å². The average Bonchev–Trinajstić information content (AvgIpc) is 2.67. The van der Waals surface area contributed by atoms with Crippen molar-refractivity contribution in [1.29, 1.82) is 0 Å². The third-order valence-corrected chi connectivity index (χ3v) is 3.72. The maximum Gasteiger partial charge on any atom is 0.224 e. The molecule has 1 heterocycles. The van der Waals surface area contributed by atoms with Crippen LogP contribution in [0, 0.1) is 17.5 Å². The number of hydrogen-bond acceptors (Lipinski definition) is 4. The topological polar surface area (TPSA) is 49.8 Å². The normalized spacial score (nSPS) is 10.6. The second-order valence-corrected chi connectivity index (χ2v) is 5.63. The van der Waals surface area contributed by atoms with Crippen LogP contribution in [0.5, 0.6) is 0 Å². The summed E-state index contributed by atoms with van der Waals surface area (Å²) >= 11 is 0. The van der Waals surface area contributed by atoms with Crippen molar-refractivity contribution in [3.05, 3.63) is 77.7 Å². The van der Waals surface area contributed by atoms with Crippen LogP contribution in [0.1, 0.15) is 12.0 Å². The molecule has 2 N–H and O–H groups in total. The van der Waals surface area contributed by atoms with Gasteiger partial charge in [0.15, 0.2) is 17.5 Å². The Kier molecular flexibility index (Phi) is 5.68. The Hall–Kier alpha value is -3.09. The molecule has 3 aromatic rings. The van der Waals surface area contributed by atoms with E-state index < -0.39 is 17.5 Å². The zero-order valence-electron chi connectivity index (χ0n) is 13.8. The highest BCUT2D eigenvalue weighted by atomic mass is 19.2. The molecule has 1 aromatic heterocycles. The highest BCUT2D eigenvalue weighted by Crippen LogP contribution is 2.22. The number of aryl methyl sites for hydroxylation is 1. The molecule has 4 nitrogen and oxygen atoms in total. The molecule has 3 rings (SSSR count). The Morgan fingerprint density at radius 3 is 2.50 bits per heavy atom. The SMILES string of the molecule is Fc1ccc(Nc2ccnc(NCCCc3ccccc3)n2)c(F)c1F. The van der Waals surface area contributed by atoms with Crippen molar-refractivity contribution in [2.24, 2.45) is 0 Å². The lowest BCUT2D eigenvalue weighted by Crippen LogP contribution is -2.08. The van der Waals surface area contributed by atoms with Crippen molar-refractivity contribution >= 4 is 17.5 Å². The van der Waals surface area contributed by atoms with Crippen molar-refractivity contribution in [3.8, 4) is 0 Å². The standard InChI is InChI=1S/C19H17F3N4/c20-14-8-9-15(18(22)17(14)21)25-16-10-12-24-19(26-16)23-11-4-7-13-5-2-1-3-6-13/h1-3,5-6,8-10,12H,4,7,11H2,(H2,23,24,25,26). The van der Waals surface area contributed by atoms with Gasteiger partial charge in [-0.2, -0.15) is 4.98 Å². The van der Waals surface area contributed by atoms with Gasteiger partial charge in [-0.05, 0) is 36.6 Å². The second-order valence-electron chi connectivity index (χ2n) is 5.63. The van der Waals surface area contributed by atoms with Gasteiger partial charge in [-0.3, -0.25) is 0 Å². The van der Waals surface area contributed by atoms with Crippen molar-refractivity contribution in [2.75, 3.05) is 17.2 Å². The summed E-state index contributed by atoms with van der Waals surface area (Å²) in [6.07, 6.45) is 3.31. The van der Waals surface area contributed by atoms with Crippen LogP contribution in [0.2, 0.25) is 0 Å². The summed E-state index contributed by atoms with van der Waals surface area (Å²) in [5, 5.41) is 5.71. The van der Waals surface area contributed by atoms with Gasteiger partial charge in [-0.1, -0.05) is 30.3 Å². The van der Waals surface area contributed by atoms with Crippen LogP contribution >= 0.6 is 0 Å². The van der Waals surface area contributed by atoms with Gasteiger partial charge in [0.25, 0.3) is 0 Å². The molecule has 0 aliphatic heterocycles. The van der Waals surface area contributed by atoms with Gasteiger partial charge in [-0.25, -0.2) is 18.2 Å². The number of anilines is 3. The molecule has 0 bridgehead atoms. The first-order valence-corrected chi connectivity index (χ1v) is 8.15. The van der Waals surface area contributed by atoms with E-state index in [9.17, 15) is 13.2 Å². The van der Waals surface area contributed by atoms with E-state index in [0.29, 0.717) is 12.5 Å².